The number of nitrogens with zero attached hydrogens (tertiary/aromatic N) is 5. The molecule has 0 radical (unpaired) electrons. The monoisotopic (exact) mass is 1240 g/mol. The molecule has 1 spiro atoms. The van der Waals surface area contributed by atoms with Gasteiger partial charge in [0.1, 0.15) is 11.2 Å². The average molecular weight is 1240 g/mol. The molecule has 5 heterocycles. The Bertz CT molecular complexity index is 3310. The van der Waals surface area contributed by atoms with Gasteiger partial charge in [0.25, 0.3) is 0 Å². The molecule has 4 aromatic carbocycles. The predicted molar refractivity (Wildman–Crippen MR) is 344 cm³/mol. The summed E-state index contributed by atoms with van der Waals surface area (Å²) in [4.78, 5) is 73.3. The number of phenols is 1. The summed E-state index contributed by atoms with van der Waals surface area (Å²) in [6.45, 7) is 13.4. The van der Waals surface area contributed by atoms with Crippen molar-refractivity contribution >= 4 is 52.7 Å². The molecule has 4 aliphatic heterocycles. The molecule has 2 unspecified atom stereocenters. The number of amides is 4. The van der Waals surface area contributed by atoms with E-state index in [1.807, 2.05) is 55.9 Å². The number of rotatable bonds is 14. The minimum absolute atomic E-state index is 0.0454. The van der Waals surface area contributed by atoms with Gasteiger partial charge >= 0.3 is 12.0 Å². The van der Waals surface area contributed by atoms with Crippen LogP contribution in [0.1, 0.15) is 118 Å². The van der Waals surface area contributed by atoms with Gasteiger partial charge in [-0.3, -0.25) is 34.9 Å². The highest BCUT2D eigenvalue weighted by molar-refractivity contribution is 7.99. The van der Waals surface area contributed by atoms with Crippen molar-refractivity contribution in [3.8, 4) is 17.2 Å². The third-order valence-corrected chi connectivity index (χ3v) is 20.8. The van der Waals surface area contributed by atoms with Crippen molar-refractivity contribution in [2.24, 2.45) is 23.2 Å². The smallest absolute Gasteiger partial charge is 0.337 e. The lowest BCUT2D eigenvalue weighted by atomic mass is 9.49. The lowest BCUT2D eigenvalue weighted by Gasteiger charge is -2.62. The quantitative estimate of drug-likeness (QED) is 0.0448. The second kappa shape index (κ2) is 27.9. The van der Waals surface area contributed by atoms with E-state index in [9.17, 15) is 39.3 Å². The molecular formula is C70H89N7O11S. The second-order valence-electron chi connectivity index (χ2n) is 25.6. The van der Waals surface area contributed by atoms with Crippen LogP contribution in [0.25, 0.3) is 0 Å². The highest BCUT2D eigenvalue weighted by Crippen LogP contribution is 2.65. The Labute approximate surface area is 528 Å². The predicted octanol–water partition coefficient (Wildman–Crippen LogP) is 10.1. The van der Waals surface area contributed by atoms with E-state index in [1.54, 1.807) is 19.2 Å². The summed E-state index contributed by atoms with van der Waals surface area (Å²) in [5.41, 5.74) is 2.40. The fraction of sp³-hybridized carbons (Fsp3) is 0.486. The highest BCUT2D eigenvalue weighted by atomic mass is 32.2. The first-order chi connectivity index (χ1) is 42.6. The van der Waals surface area contributed by atoms with Gasteiger partial charge in [-0.15, -0.1) is 6.58 Å². The van der Waals surface area contributed by atoms with Gasteiger partial charge in [0.05, 0.1) is 40.7 Å². The number of aliphatic hydroxyl groups is 2. The number of piperidine rings is 1. The number of ether oxygens (including phenoxy) is 2. The van der Waals surface area contributed by atoms with Crippen LogP contribution in [0.2, 0.25) is 0 Å². The number of nitrogens with one attached hydrogen (secondary N) is 2. The maximum atomic E-state index is 12.7. The first-order valence-corrected chi connectivity index (χ1v) is 32.1. The van der Waals surface area contributed by atoms with Crippen LogP contribution in [-0.4, -0.2) is 155 Å². The molecule has 3 saturated carbocycles. The number of likely N-dealkylation sites (N-methyl/N-ethyl adjacent to an activating group) is 1. The molecule has 4 amide bonds. The minimum atomic E-state index is -1.20. The summed E-state index contributed by atoms with van der Waals surface area (Å²) in [6.07, 6.45) is 13.8. The average Bonchev–Trinajstić information content (AvgIpc) is 1.61. The standard InChI is InChI=1S/C20H23NO4.C17H20N2S.C16H25NO2.C11H16N2O3.C6H5NO2/c22-13-4-3-12-9-15-20(24)6-5-14(23)18-19(20,16(12)17(13)25-18)7-8-21(15)10-11-1-2-11;1-13(18(2)3)12-19-14-8-4-6-10-16(14)20-17-11-7-5-9-15(17)19;1-17(2)12-14-7-4-5-10-16(14,18)13-8-6-9-15(11-13)19-3;1-4-6-11(7(3)5-2)8(14)12-10(16)13-9(11)15;8-6(9)5-2-1-3-7-4-5/h3-4,11,15,18,22,24H,1-2,5-10H2;4-11,13H,12H2,1-3H3;6,8-9,11,14,18H,4-5,7,10,12H2,1-3H3;4,7H,1,5-6H2,2-3H3,(H2,12,13,14,15,16);1-4H,(H,8,9)/t15-,18+,19+,20-;;14-,16+;;/m1.1../s1. The van der Waals surface area contributed by atoms with Gasteiger partial charge in [-0.2, -0.15) is 0 Å². The van der Waals surface area contributed by atoms with Crippen LogP contribution in [0.4, 0.5) is 16.2 Å². The van der Waals surface area contributed by atoms with Crippen LogP contribution in [-0.2, 0) is 31.8 Å². The number of anilines is 2. The van der Waals surface area contributed by atoms with Crippen LogP contribution < -0.4 is 25.0 Å². The zero-order valence-corrected chi connectivity index (χ0v) is 53.6. The SMILES string of the molecule is C=CCC1(C(C)CC)C(=O)NC(=O)NC1=O.CC(CN1c2ccccc2Sc2ccccc21)N(C)C.COc1cccc([C@@]2(O)CCCC[C@@H]2CN(C)C)c1.O=C(O)c1cccnc1.O=C1CC[C@@]2(O)[C@H]3Cc4ccc(O)c5c4[C@@]2(CCN3CC2CC2)[C@H]1O5. The number of fused-ring (bicyclic) bond motifs is 2. The number of Topliss-reactive ketones (excluding diaryl/α,β-unsaturated/α-hetero) is 1. The number of likely N-dealkylation sites (tertiary alicyclic amines) is 1. The van der Waals surface area contributed by atoms with Crippen molar-refractivity contribution < 1.29 is 53.9 Å². The number of benzene rings is 4. The molecule has 2 bridgehead atoms. The summed E-state index contributed by atoms with van der Waals surface area (Å²) in [5.74, 6) is 0.343. The van der Waals surface area contributed by atoms with E-state index in [-0.39, 0.29) is 35.5 Å². The largest absolute Gasteiger partial charge is 0.504 e. The van der Waals surface area contributed by atoms with E-state index in [1.165, 1.54) is 65.0 Å². The summed E-state index contributed by atoms with van der Waals surface area (Å²) in [6, 6.07) is 31.8. The third kappa shape index (κ3) is 13.4. The van der Waals surface area contributed by atoms with E-state index in [4.69, 9.17) is 14.6 Å². The van der Waals surface area contributed by atoms with Crippen molar-refractivity contribution in [3.63, 3.8) is 0 Å². The molecule has 89 heavy (non-hydrogen) atoms. The van der Waals surface area contributed by atoms with Crippen LogP contribution in [0.3, 0.4) is 0 Å². The van der Waals surface area contributed by atoms with E-state index in [0.29, 0.717) is 37.0 Å². The Hall–Kier alpha value is -7.13. The zero-order chi connectivity index (χ0) is 64.0. The number of carbonyl (C=O) groups is 5. The summed E-state index contributed by atoms with van der Waals surface area (Å²) in [5, 5.41) is 46.1. The molecule has 8 aliphatic rings. The molecule has 476 valence electrons. The number of phenolic OH excluding ortho intramolecular Hbond substituents is 1. The Morgan fingerprint density at radius 3 is 2.16 bits per heavy atom. The molecule has 2 saturated heterocycles. The normalized spacial score (nSPS) is 25.5. The van der Waals surface area contributed by atoms with Gasteiger partial charge in [0.15, 0.2) is 23.4 Å². The molecule has 1 aromatic heterocycles. The lowest BCUT2D eigenvalue weighted by molar-refractivity contribution is -0.188. The number of methoxy groups -OCH3 is 1. The van der Waals surface area contributed by atoms with E-state index >= 15 is 0 Å². The number of urea groups is 1. The zero-order valence-electron chi connectivity index (χ0n) is 52.7. The van der Waals surface area contributed by atoms with Crippen LogP contribution in [0.5, 0.6) is 17.2 Å². The molecule has 8 atom stereocenters. The molecular weight excluding hydrogens is 1150 g/mol. The van der Waals surface area contributed by atoms with Crippen molar-refractivity contribution in [2.75, 3.05) is 66.4 Å². The number of allylic oxidation sites excluding steroid dienone is 1. The number of barbiturate groups is 1. The van der Waals surface area contributed by atoms with Crippen LogP contribution >= 0.6 is 11.8 Å². The molecule has 13 rings (SSSR count). The Morgan fingerprint density at radius 2 is 1.57 bits per heavy atom. The van der Waals surface area contributed by atoms with E-state index < -0.39 is 52.0 Å². The van der Waals surface area contributed by atoms with Crippen molar-refractivity contribution in [1.29, 1.82) is 0 Å². The Kier molecular flexibility index (Phi) is 20.8. The van der Waals surface area contributed by atoms with Gasteiger partial charge in [0, 0.05) is 71.8 Å². The number of hydrogen-bond donors (Lipinski definition) is 6. The number of pyridine rings is 1. The number of aromatic nitrogens is 1. The molecule has 5 fully saturated rings. The summed E-state index contributed by atoms with van der Waals surface area (Å²) >= 11 is 1.87. The first-order valence-electron chi connectivity index (χ1n) is 31.3. The highest BCUT2D eigenvalue weighted by Gasteiger charge is 2.73. The van der Waals surface area contributed by atoms with Gasteiger partial charge in [-0.05, 0) is 171 Å². The maximum absolute atomic E-state index is 12.7. The minimum Gasteiger partial charge on any atom is -0.504 e. The third-order valence-electron chi connectivity index (χ3n) is 19.7. The molecule has 5 aromatic rings. The fourth-order valence-electron chi connectivity index (χ4n) is 14.3. The van der Waals surface area contributed by atoms with Crippen molar-refractivity contribution in [1.82, 2.24) is 30.3 Å². The van der Waals surface area contributed by atoms with Gasteiger partial charge in [-0.25, -0.2) is 9.59 Å². The van der Waals surface area contributed by atoms with Crippen molar-refractivity contribution in [3.05, 3.63) is 144 Å². The number of ketones is 1. The number of aromatic hydroxyl groups is 1. The number of carbonyl (C=O) groups excluding carboxylic acids is 4. The van der Waals surface area contributed by atoms with Crippen molar-refractivity contribution in [2.45, 2.75) is 142 Å². The van der Waals surface area contributed by atoms with Gasteiger partial charge < -0.3 is 44.6 Å². The number of imide groups is 2. The number of carboxylic acids is 1. The summed E-state index contributed by atoms with van der Waals surface area (Å²) in [7, 11) is 10.1. The molecule has 19 heteroatoms. The van der Waals surface area contributed by atoms with E-state index in [2.05, 4.69) is 125 Å². The molecule has 6 N–H and O–H groups in total. The Morgan fingerprint density at radius 1 is 0.888 bits per heavy atom. The van der Waals surface area contributed by atoms with Crippen LogP contribution in [0.15, 0.2) is 132 Å². The second-order valence-corrected chi connectivity index (χ2v) is 26.7. The summed E-state index contributed by atoms with van der Waals surface area (Å²) < 4.78 is 11.3. The fourth-order valence-corrected chi connectivity index (χ4v) is 15.4. The van der Waals surface area contributed by atoms with Crippen LogP contribution in [0, 0.1) is 23.2 Å². The Balaban J connectivity index is 0.000000136. The lowest BCUT2D eigenvalue weighted by Crippen LogP contribution is -2.76. The topological polar surface area (TPSA) is 235 Å². The first kappa shape index (κ1) is 66.3. The number of aromatic carboxylic acids is 1. The number of carboxylic acid groups (broad SMARTS) is 1. The molecule has 4 aliphatic carbocycles. The van der Waals surface area contributed by atoms with E-state index in [0.717, 1.165) is 86.6 Å². The number of para-hydroxylation sites is 2. The van der Waals surface area contributed by atoms with Gasteiger partial charge in [0.2, 0.25) is 11.8 Å². The maximum Gasteiger partial charge on any atom is 0.337 e. The number of hydrogen-bond acceptors (Lipinski definition) is 16. The van der Waals surface area contributed by atoms with Gasteiger partial charge in [-0.1, -0.05) is 93.4 Å². The molecule has 18 nitrogen and oxygen atoms in total.